The first-order chi connectivity index (χ1) is 9.10. The summed E-state index contributed by atoms with van der Waals surface area (Å²) in [5.74, 6) is 0.782. The molecule has 0 amide bonds. The van der Waals surface area contributed by atoms with E-state index in [1.54, 1.807) is 0 Å². The Morgan fingerprint density at radius 1 is 1.37 bits per heavy atom. The molecule has 2 N–H and O–H groups in total. The summed E-state index contributed by atoms with van der Waals surface area (Å²) < 4.78 is 1.20. The fraction of sp³-hybridized carbons (Fsp3) is 0.625. The maximum Gasteiger partial charge on any atom is 0.0247 e. The Morgan fingerprint density at radius 2 is 2.11 bits per heavy atom. The molecule has 0 aliphatic heterocycles. The van der Waals surface area contributed by atoms with Gasteiger partial charge in [0.2, 0.25) is 0 Å². The molecule has 1 saturated carbocycles. The minimum absolute atomic E-state index is 0.610. The molecule has 2 nitrogen and oxygen atoms in total. The van der Waals surface area contributed by atoms with Gasteiger partial charge in [-0.3, -0.25) is 4.90 Å². The van der Waals surface area contributed by atoms with E-state index in [9.17, 15) is 0 Å². The Balaban J connectivity index is 2.00. The molecule has 0 atom stereocenters. The van der Waals surface area contributed by atoms with Gasteiger partial charge in [-0.25, -0.2) is 0 Å². The third-order valence-electron chi connectivity index (χ3n) is 3.78. The average Bonchev–Trinajstić information content (AvgIpc) is 3.20. The van der Waals surface area contributed by atoms with Crippen LogP contribution in [-0.4, -0.2) is 17.5 Å². The summed E-state index contributed by atoms with van der Waals surface area (Å²) in [6.07, 6.45) is 4.03. The van der Waals surface area contributed by atoms with Crippen molar-refractivity contribution in [2.75, 3.05) is 6.54 Å². The highest BCUT2D eigenvalue weighted by molar-refractivity contribution is 9.10. The van der Waals surface area contributed by atoms with Crippen molar-refractivity contribution in [2.24, 2.45) is 11.7 Å². The monoisotopic (exact) mass is 324 g/mol. The van der Waals surface area contributed by atoms with E-state index >= 15 is 0 Å². The second kappa shape index (κ2) is 6.87. The summed E-state index contributed by atoms with van der Waals surface area (Å²) >= 11 is 3.68. The summed E-state index contributed by atoms with van der Waals surface area (Å²) in [7, 11) is 0. The van der Waals surface area contributed by atoms with Crippen molar-refractivity contribution in [3.05, 3.63) is 33.8 Å². The number of halogens is 1. The zero-order valence-electron chi connectivity index (χ0n) is 12.0. The maximum absolute atomic E-state index is 5.68. The van der Waals surface area contributed by atoms with Crippen LogP contribution in [-0.2, 0) is 13.1 Å². The van der Waals surface area contributed by atoms with Gasteiger partial charge >= 0.3 is 0 Å². The Hall–Kier alpha value is -0.380. The molecule has 0 spiro atoms. The van der Waals surface area contributed by atoms with E-state index in [1.165, 1.54) is 41.4 Å². The van der Waals surface area contributed by atoms with Gasteiger partial charge in [-0.1, -0.05) is 41.9 Å². The Morgan fingerprint density at radius 3 is 2.63 bits per heavy atom. The van der Waals surface area contributed by atoms with Crippen LogP contribution in [0.4, 0.5) is 0 Å². The van der Waals surface area contributed by atoms with Gasteiger partial charge in [0.05, 0.1) is 0 Å². The molecular weight excluding hydrogens is 300 g/mol. The van der Waals surface area contributed by atoms with Gasteiger partial charge in [-0.05, 0) is 48.9 Å². The van der Waals surface area contributed by atoms with E-state index < -0.39 is 0 Å². The summed E-state index contributed by atoms with van der Waals surface area (Å²) in [5.41, 5.74) is 8.25. The van der Waals surface area contributed by atoms with Crippen LogP contribution in [0.3, 0.4) is 0 Å². The first-order valence-electron chi connectivity index (χ1n) is 7.31. The Labute approximate surface area is 125 Å². The van der Waals surface area contributed by atoms with E-state index in [-0.39, 0.29) is 0 Å². The van der Waals surface area contributed by atoms with Crippen LogP contribution in [0.25, 0.3) is 0 Å². The molecule has 0 aromatic heterocycles. The quantitative estimate of drug-likeness (QED) is 0.823. The zero-order valence-corrected chi connectivity index (χ0v) is 13.6. The fourth-order valence-corrected chi connectivity index (χ4v) is 2.87. The highest BCUT2D eigenvalue weighted by atomic mass is 79.9. The molecule has 3 heteroatoms. The van der Waals surface area contributed by atoms with Crippen molar-refractivity contribution < 1.29 is 0 Å². The van der Waals surface area contributed by atoms with E-state index in [0.717, 1.165) is 18.5 Å². The van der Waals surface area contributed by atoms with Crippen molar-refractivity contribution in [2.45, 2.75) is 52.2 Å². The van der Waals surface area contributed by atoms with Gasteiger partial charge in [0.1, 0.15) is 0 Å². The molecule has 1 aromatic carbocycles. The molecule has 2 rings (SSSR count). The lowest BCUT2D eigenvalue weighted by Gasteiger charge is -2.23. The van der Waals surface area contributed by atoms with Crippen LogP contribution >= 0.6 is 15.9 Å². The summed E-state index contributed by atoms with van der Waals surface area (Å²) in [6, 6.07) is 7.34. The predicted molar refractivity (Wildman–Crippen MR) is 84.9 cm³/mol. The van der Waals surface area contributed by atoms with Gasteiger partial charge in [0.15, 0.2) is 0 Å². The van der Waals surface area contributed by atoms with Gasteiger partial charge in [0, 0.05) is 23.6 Å². The van der Waals surface area contributed by atoms with Crippen molar-refractivity contribution in [1.29, 1.82) is 0 Å². The molecule has 0 radical (unpaired) electrons. The van der Waals surface area contributed by atoms with Crippen LogP contribution in [0.5, 0.6) is 0 Å². The summed E-state index contributed by atoms with van der Waals surface area (Å²) in [6.45, 7) is 7.49. The second-order valence-corrected chi connectivity index (χ2v) is 6.87. The molecule has 0 unspecified atom stereocenters. The minimum atomic E-state index is 0.610. The second-order valence-electron chi connectivity index (χ2n) is 6.01. The lowest BCUT2D eigenvalue weighted by molar-refractivity contribution is 0.239. The minimum Gasteiger partial charge on any atom is -0.326 e. The van der Waals surface area contributed by atoms with Gasteiger partial charge in [-0.2, -0.15) is 0 Å². The third-order valence-corrected chi connectivity index (χ3v) is 4.52. The molecule has 1 aliphatic carbocycles. The number of hydrogen-bond acceptors (Lipinski definition) is 2. The number of nitrogens with two attached hydrogens (primary N) is 1. The average molecular weight is 325 g/mol. The van der Waals surface area contributed by atoms with Gasteiger partial charge in [-0.15, -0.1) is 0 Å². The Kier molecular flexibility index (Phi) is 5.43. The van der Waals surface area contributed by atoms with Crippen LogP contribution in [0.15, 0.2) is 22.7 Å². The smallest absolute Gasteiger partial charge is 0.0247 e. The predicted octanol–water partition coefficient (Wildman–Crippen LogP) is 3.92. The van der Waals surface area contributed by atoms with Crippen molar-refractivity contribution >= 4 is 15.9 Å². The standard InChI is InChI=1S/C16H25BrN2/c1-12(2)7-8-19(15-5-6-15)11-14-4-3-13(10-18)9-16(14)17/h3-4,9,12,15H,5-8,10-11,18H2,1-2H3. The molecule has 0 saturated heterocycles. The van der Waals surface area contributed by atoms with Crippen molar-refractivity contribution in [1.82, 2.24) is 4.90 Å². The Bertz CT molecular complexity index is 413. The summed E-state index contributed by atoms with van der Waals surface area (Å²) in [5, 5.41) is 0. The first kappa shape index (κ1) is 15.0. The fourth-order valence-electron chi connectivity index (χ4n) is 2.32. The van der Waals surface area contributed by atoms with Crippen LogP contribution in [0.1, 0.15) is 44.2 Å². The molecule has 1 aromatic rings. The highest BCUT2D eigenvalue weighted by Gasteiger charge is 2.28. The lowest BCUT2D eigenvalue weighted by Crippen LogP contribution is -2.27. The molecule has 19 heavy (non-hydrogen) atoms. The normalized spacial score (nSPS) is 15.5. The summed E-state index contributed by atoms with van der Waals surface area (Å²) in [4.78, 5) is 2.64. The topological polar surface area (TPSA) is 29.3 Å². The largest absolute Gasteiger partial charge is 0.326 e. The van der Waals surface area contributed by atoms with E-state index in [2.05, 4.69) is 52.9 Å². The molecule has 1 aliphatic rings. The van der Waals surface area contributed by atoms with E-state index in [1.807, 2.05) is 0 Å². The molecule has 1 fully saturated rings. The zero-order chi connectivity index (χ0) is 13.8. The van der Waals surface area contributed by atoms with Crippen LogP contribution in [0, 0.1) is 5.92 Å². The molecule has 0 bridgehead atoms. The number of hydrogen-bond donors (Lipinski definition) is 1. The van der Waals surface area contributed by atoms with Gasteiger partial charge < -0.3 is 5.73 Å². The highest BCUT2D eigenvalue weighted by Crippen LogP contribution is 2.30. The van der Waals surface area contributed by atoms with Gasteiger partial charge in [0.25, 0.3) is 0 Å². The lowest BCUT2D eigenvalue weighted by atomic mass is 10.1. The van der Waals surface area contributed by atoms with Crippen molar-refractivity contribution in [3.63, 3.8) is 0 Å². The molecule has 0 heterocycles. The number of rotatable bonds is 7. The third kappa shape index (κ3) is 4.59. The number of benzene rings is 1. The van der Waals surface area contributed by atoms with E-state index in [0.29, 0.717) is 6.54 Å². The van der Waals surface area contributed by atoms with Crippen LogP contribution in [0.2, 0.25) is 0 Å². The molecular formula is C16H25BrN2. The van der Waals surface area contributed by atoms with Crippen LogP contribution < -0.4 is 5.73 Å². The SMILES string of the molecule is CC(C)CCN(Cc1ccc(CN)cc1Br)C1CC1. The number of nitrogens with zero attached hydrogens (tertiary/aromatic N) is 1. The first-order valence-corrected chi connectivity index (χ1v) is 8.11. The van der Waals surface area contributed by atoms with Crippen molar-refractivity contribution in [3.8, 4) is 0 Å². The van der Waals surface area contributed by atoms with E-state index in [4.69, 9.17) is 5.73 Å². The molecule has 106 valence electrons. The maximum atomic E-state index is 5.68.